The maximum Gasteiger partial charge on any atom is 0.256 e. The molecule has 0 radical (unpaired) electrons. The zero-order valence-corrected chi connectivity index (χ0v) is 23.3. The van der Waals surface area contributed by atoms with Gasteiger partial charge in [-0.15, -0.1) is 11.8 Å². The Labute approximate surface area is 238 Å². The van der Waals surface area contributed by atoms with Crippen LogP contribution in [0.2, 0.25) is 0 Å². The quantitative estimate of drug-likeness (QED) is 0.325. The van der Waals surface area contributed by atoms with Crippen LogP contribution in [-0.4, -0.2) is 47.4 Å². The second-order valence-electron chi connectivity index (χ2n) is 11.0. The standard InChI is InChI=1S/C33H33N3O3S/c37-31(34-25-10-2-1-3-11-25)29-21-40-33-30(23-13-14-23)27(19-24-9-6-8-22-7-4-5-12-26(22)24)28(32(38)36(29)33)20-35-15-17-39-18-16-35/h1-12,23,29H,13-21H2,(H,34,37)/t29-/m0/s1. The number of pyridine rings is 1. The molecule has 3 aliphatic rings. The van der Waals surface area contributed by atoms with Gasteiger partial charge in [-0.25, -0.2) is 0 Å². The molecule has 2 fully saturated rings. The number of benzene rings is 3. The Balaban J connectivity index is 1.36. The number of nitrogens with zero attached hydrogens (tertiary/aromatic N) is 2. The summed E-state index contributed by atoms with van der Waals surface area (Å²) in [6, 6.07) is 24.0. The van der Waals surface area contributed by atoms with Gasteiger partial charge in [0.05, 0.1) is 18.2 Å². The topological polar surface area (TPSA) is 63.6 Å². The maximum absolute atomic E-state index is 14.5. The van der Waals surface area contributed by atoms with Crippen LogP contribution in [0.25, 0.3) is 10.8 Å². The Kier molecular flexibility index (Phi) is 6.96. The number of morpholine rings is 1. The molecule has 1 aromatic heterocycles. The molecule has 6 nitrogen and oxygen atoms in total. The lowest BCUT2D eigenvalue weighted by atomic mass is 9.91. The number of ether oxygens (including phenoxy) is 1. The van der Waals surface area contributed by atoms with Crippen molar-refractivity contribution in [2.45, 2.75) is 42.8 Å². The fourth-order valence-electron chi connectivity index (χ4n) is 6.17. The minimum Gasteiger partial charge on any atom is -0.379 e. The Morgan fingerprint density at radius 1 is 0.925 bits per heavy atom. The fourth-order valence-corrected chi connectivity index (χ4v) is 7.58. The van der Waals surface area contributed by atoms with Crippen LogP contribution in [-0.2, 0) is 22.5 Å². The smallest absolute Gasteiger partial charge is 0.256 e. The number of aromatic nitrogens is 1. The summed E-state index contributed by atoms with van der Waals surface area (Å²) in [5, 5.41) is 6.50. The largest absolute Gasteiger partial charge is 0.379 e. The van der Waals surface area contributed by atoms with Crippen molar-refractivity contribution in [1.82, 2.24) is 9.47 Å². The SMILES string of the molecule is O=C(Nc1ccccc1)[C@@H]1CSc2c(C3CC3)c(Cc3cccc4ccccc34)c(CN3CCOCC3)c(=O)n21. The minimum atomic E-state index is -0.528. The Bertz CT molecular complexity index is 1620. The van der Waals surface area contributed by atoms with Crippen LogP contribution in [0.1, 0.15) is 47.1 Å². The van der Waals surface area contributed by atoms with E-state index < -0.39 is 6.04 Å². The van der Waals surface area contributed by atoms with E-state index in [2.05, 4.69) is 52.7 Å². The molecule has 0 spiro atoms. The highest BCUT2D eigenvalue weighted by Crippen LogP contribution is 2.49. The molecule has 1 saturated heterocycles. The van der Waals surface area contributed by atoms with Crippen molar-refractivity contribution in [3.63, 3.8) is 0 Å². The lowest BCUT2D eigenvalue weighted by Crippen LogP contribution is -2.40. The Morgan fingerprint density at radius 2 is 1.68 bits per heavy atom. The normalized spacial score (nSPS) is 19.1. The number of carbonyl (C=O) groups excluding carboxylic acids is 1. The van der Waals surface area contributed by atoms with Gasteiger partial charge in [0.1, 0.15) is 6.04 Å². The second kappa shape index (κ2) is 10.9. The van der Waals surface area contributed by atoms with Gasteiger partial charge in [-0.3, -0.25) is 19.1 Å². The summed E-state index contributed by atoms with van der Waals surface area (Å²) in [4.78, 5) is 30.4. The van der Waals surface area contributed by atoms with Crippen molar-refractivity contribution >= 4 is 34.1 Å². The zero-order valence-electron chi connectivity index (χ0n) is 22.5. The number of rotatable bonds is 7. The highest BCUT2D eigenvalue weighted by Gasteiger charge is 2.39. The van der Waals surface area contributed by atoms with Crippen molar-refractivity contribution in [1.29, 1.82) is 0 Å². The number of carbonyl (C=O) groups is 1. The summed E-state index contributed by atoms with van der Waals surface area (Å²) < 4.78 is 7.44. The molecule has 7 heteroatoms. The van der Waals surface area contributed by atoms with Gasteiger partial charge in [-0.1, -0.05) is 60.7 Å². The van der Waals surface area contributed by atoms with Crippen LogP contribution in [0.5, 0.6) is 0 Å². The molecular formula is C33H33N3O3S. The molecule has 0 unspecified atom stereocenters. The van der Waals surface area contributed by atoms with Crippen LogP contribution in [0.15, 0.2) is 82.6 Å². The monoisotopic (exact) mass is 551 g/mol. The Morgan fingerprint density at radius 3 is 2.48 bits per heavy atom. The molecule has 1 saturated carbocycles. The van der Waals surface area contributed by atoms with E-state index in [4.69, 9.17) is 4.74 Å². The number of para-hydroxylation sites is 1. The van der Waals surface area contributed by atoms with E-state index in [0.29, 0.717) is 31.4 Å². The van der Waals surface area contributed by atoms with Crippen molar-refractivity contribution in [2.75, 3.05) is 37.4 Å². The van der Waals surface area contributed by atoms with Gasteiger partial charge in [0, 0.05) is 36.6 Å². The molecular weight excluding hydrogens is 518 g/mol. The summed E-state index contributed by atoms with van der Waals surface area (Å²) in [5.74, 6) is 0.890. The summed E-state index contributed by atoms with van der Waals surface area (Å²) in [7, 11) is 0. The molecule has 3 aromatic carbocycles. The van der Waals surface area contributed by atoms with Gasteiger partial charge in [0.2, 0.25) is 5.91 Å². The van der Waals surface area contributed by atoms with E-state index in [0.717, 1.165) is 48.6 Å². The number of hydrogen-bond acceptors (Lipinski definition) is 5. The zero-order chi connectivity index (χ0) is 27.1. The van der Waals surface area contributed by atoms with E-state index in [9.17, 15) is 9.59 Å². The first kappa shape index (κ1) is 25.6. The highest BCUT2D eigenvalue weighted by atomic mass is 32.2. The van der Waals surface area contributed by atoms with Crippen molar-refractivity contribution < 1.29 is 9.53 Å². The lowest BCUT2D eigenvalue weighted by Gasteiger charge is -2.29. The molecule has 4 aromatic rings. The average Bonchev–Trinajstić information content (AvgIpc) is 3.73. The molecule has 1 aliphatic carbocycles. The molecule has 40 heavy (non-hydrogen) atoms. The second-order valence-corrected chi connectivity index (χ2v) is 12.0. The van der Waals surface area contributed by atoms with E-state index in [-0.39, 0.29) is 11.5 Å². The van der Waals surface area contributed by atoms with Gasteiger partial charge in [-0.2, -0.15) is 0 Å². The molecule has 1 amide bonds. The minimum absolute atomic E-state index is 0.0145. The number of amides is 1. The average molecular weight is 552 g/mol. The third-order valence-electron chi connectivity index (χ3n) is 8.37. The van der Waals surface area contributed by atoms with E-state index >= 15 is 0 Å². The molecule has 0 bridgehead atoms. The highest BCUT2D eigenvalue weighted by molar-refractivity contribution is 7.99. The number of anilines is 1. The third-order valence-corrected chi connectivity index (χ3v) is 9.54. The van der Waals surface area contributed by atoms with Gasteiger partial charge in [-0.05, 0) is 64.8 Å². The van der Waals surface area contributed by atoms with E-state index in [1.165, 1.54) is 27.5 Å². The molecule has 7 rings (SSSR count). The first-order valence-electron chi connectivity index (χ1n) is 14.2. The fraction of sp³-hybridized carbons (Fsp3) is 0.333. The summed E-state index contributed by atoms with van der Waals surface area (Å²) in [6.45, 7) is 3.55. The predicted octanol–water partition coefficient (Wildman–Crippen LogP) is 5.59. The van der Waals surface area contributed by atoms with Crippen LogP contribution in [0.3, 0.4) is 0 Å². The molecule has 2 aliphatic heterocycles. The molecule has 1 atom stereocenters. The number of thioether (sulfide) groups is 1. The van der Waals surface area contributed by atoms with Gasteiger partial charge in [0.25, 0.3) is 5.56 Å². The number of hydrogen-bond donors (Lipinski definition) is 1. The summed E-state index contributed by atoms with van der Waals surface area (Å²) in [6.07, 6.45) is 2.98. The predicted molar refractivity (Wildman–Crippen MR) is 160 cm³/mol. The third kappa shape index (κ3) is 4.87. The van der Waals surface area contributed by atoms with Gasteiger partial charge in [0.15, 0.2) is 0 Å². The van der Waals surface area contributed by atoms with Gasteiger partial charge < -0.3 is 10.1 Å². The van der Waals surface area contributed by atoms with Crippen molar-refractivity contribution in [2.24, 2.45) is 0 Å². The van der Waals surface area contributed by atoms with Crippen LogP contribution >= 0.6 is 11.8 Å². The number of nitrogens with one attached hydrogen (secondary N) is 1. The summed E-state index contributed by atoms with van der Waals surface area (Å²) in [5.41, 5.74) is 5.31. The maximum atomic E-state index is 14.5. The molecule has 204 valence electrons. The van der Waals surface area contributed by atoms with Crippen LogP contribution in [0, 0.1) is 0 Å². The first-order valence-corrected chi connectivity index (χ1v) is 15.2. The van der Waals surface area contributed by atoms with E-state index in [1.807, 2.05) is 34.9 Å². The lowest BCUT2D eigenvalue weighted by molar-refractivity contribution is -0.118. The van der Waals surface area contributed by atoms with Gasteiger partial charge >= 0.3 is 0 Å². The van der Waals surface area contributed by atoms with E-state index in [1.54, 1.807) is 11.8 Å². The molecule has 1 N–H and O–H groups in total. The van der Waals surface area contributed by atoms with Crippen LogP contribution < -0.4 is 10.9 Å². The Hall–Kier alpha value is -3.39. The van der Waals surface area contributed by atoms with Crippen LogP contribution in [0.4, 0.5) is 5.69 Å². The summed E-state index contributed by atoms with van der Waals surface area (Å²) >= 11 is 1.68. The van der Waals surface area contributed by atoms with Crippen molar-refractivity contribution in [3.8, 4) is 0 Å². The van der Waals surface area contributed by atoms with Crippen molar-refractivity contribution in [3.05, 3.63) is 105 Å². The molecule has 3 heterocycles. The first-order chi connectivity index (χ1) is 19.7. The number of fused-ring (bicyclic) bond motifs is 2.